The van der Waals surface area contributed by atoms with Crippen molar-refractivity contribution in [2.45, 2.75) is 26.4 Å². The van der Waals surface area contributed by atoms with Crippen LogP contribution < -0.4 is 5.32 Å². The summed E-state index contributed by atoms with van der Waals surface area (Å²) in [6.07, 6.45) is 1.22. The molecule has 1 aromatic heterocycles. The number of piperazine rings is 1. The van der Waals surface area contributed by atoms with Gasteiger partial charge in [-0.15, -0.1) is 0 Å². The first-order valence-corrected chi connectivity index (χ1v) is 7.87. The molecule has 128 valence electrons. The predicted molar refractivity (Wildman–Crippen MR) is 85.3 cm³/mol. The summed E-state index contributed by atoms with van der Waals surface area (Å²) in [5.41, 5.74) is -0.468. The lowest BCUT2D eigenvalue weighted by atomic mass is 10.2. The van der Waals surface area contributed by atoms with Gasteiger partial charge >= 0.3 is 6.09 Å². The Morgan fingerprint density at radius 2 is 1.96 bits per heavy atom. The number of carbonyl (C=O) groups excluding carboxylic acids is 2. The smallest absolute Gasteiger partial charge is 0.410 e. The number of amides is 2. The fourth-order valence-corrected chi connectivity index (χ4v) is 2.30. The molecule has 1 aliphatic rings. The maximum Gasteiger partial charge on any atom is 0.410 e. The van der Waals surface area contributed by atoms with Crippen LogP contribution in [0.15, 0.2) is 22.8 Å². The van der Waals surface area contributed by atoms with Crippen molar-refractivity contribution in [3.05, 3.63) is 24.2 Å². The molecule has 1 N–H and O–H groups in total. The van der Waals surface area contributed by atoms with Crippen LogP contribution >= 0.6 is 0 Å². The number of hydrogen-bond donors (Lipinski definition) is 1. The molecule has 1 saturated heterocycles. The van der Waals surface area contributed by atoms with Gasteiger partial charge in [-0.3, -0.25) is 9.69 Å². The summed E-state index contributed by atoms with van der Waals surface area (Å²) in [5, 5.41) is 2.82. The maximum atomic E-state index is 12.0. The third kappa shape index (κ3) is 5.59. The highest BCUT2D eigenvalue weighted by Crippen LogP contribution is 2.11. The molecule has 0 atom stereocenters. The molecule has 7 nitrogen and oxygen atoms in total. The van der Waals surface area contributed by atoms with Crippen LogP contribution in [0.1, 0.15) is 31.3 Å². The topological polar surface area (TPSA) is 75.0 Å². The first-order chi connectivity index (χ1) is 10.8. The second kappa shape index (κ2) is 7.50. The van der Waals surface area contributed by atoms with Crippen LogP contribution in [0.2, 0.25) is 0 Å². The van der Waals surface area contributed by atoms with Gasteiger partial charge in [0, 0.05) is 39.3 Å². The number of furan rings is 1. The third-order valence-corrected chi connectivity index (χ3v) is 3.48. The third-order valence-electron chi connectivity index (χ3n) is 3.48. The van der Waals surface area contributed by atoms with Gasteiger partial charge in [-0.1, -0.05) is 0 Å². The van der Waals surface area contributed by atoms with Gasteiger partial charge in [-0.2, -0.15) is 0 Å². The molecule has 1 aromatic rings. The Morgan fingerprint density at radius 3 is 2.52 bits per heavy atom. The fraction of sp³-hybridized carbons (Fsp3) is 0.625. The maximum absolute atomic E-state index is 12.0. The largest absolute Gasteiger partial charge is 0.459 e. The van der Waals surface area contributed by atoms with E-state index in [1.54, 1.807) is 17.0 Å². The molecule has 7 heteroatoms. The normalized spacial score (nSPS) is 16.2. The number of carbonyl (C=O) groups is 2. The van der Waals surface area contributed by atoms with Crippen molar-refractivity contribution in [3.8, 4) is 0 Å². The SMILES string of the molecule is CC(C)(C)OC(=O)N1CCN(CCNC(=O)c2ccco2)CC1. The highest BCUT2D eigenvalue weighted by molar-refractivity contribution is 5.91. The van der Waals surface area contributed by atoms with E-state index in [-0.39, 0.29) is 12.0 Å². The Kier molecular flexibility index (Phi) is 5.65. The predicted octanol–water partition coefficient (Wildman–Crippen LogP) is 1.56. The van der Waals surface area contributed by atoms with Crippen LogP contribution in [0.5, 0.6) is 0 Å². The van der Waals surface area contributed by atoms with E-state index in [1.165, 1.54) is 6.26 Å². The molecule has 23 heavy (non-hydrogen) atoms. The van der Waals surface area contributed by atoms with E-state index in [4.69, 9.17) is 9.15 Å². The molecular formula is C16H25N3O4. The lowest BCUT2D eigenvalue weighted by Crippen LogP contribution is -2.51. The standard InChI is InChI=1S/C16H25N3O4/c1-16(2,3)23-15(21)19-10-8-18(9-11-19)7-6-17-14(20)13-5-4-12-22-13/h4-5,12H,6-11H2,1-3H3,(H,17,20). The second-order valence-corrected chi connectivity index (χ2v) is 6.54. The van der Waals surface area contributed by atoms with Gasteiger partial charge in [0.05, 0.1) is 6.26 Å². The van der Waals surface area contributed by atoms with E-state index >= 15 is 0 Å². The zero-order valence-corrected chi connectivity index (χ0v) is 14.0. The average Bonchev–Trinajstić information content (AvgIpc) is 3.00. The Balaban J connectivity index is 1.65. The Bertz CT molecular complexity index is 514. The van der Waals surface area contributed by atoms with Crippen molar-refractivity contribution >= 4 is 12.0 Å². The molecule has 2 amide bonds. The van der Waals surface area contributed by atoms with E-state index < -0.39 is 5.60 Å². The highest BCUT2D eigenvalue weighted by Gasteiger charge is 2.25. The molecule has 0 bridgehead atoms. The van der Waals surface area contributed by atoms with Crippen LogP contribution in [-0.2, 0) is 4.74 Å². The number of hydrogen-bond acceptors (Lipinski definition) is 5. The van der Waals surface area contributed by atoms with Crippen molar-refractivity contribution in [2.24, 2.45) is 0 Å². The lowest BCUT2D eigenvalue weighted by molar-refractivity contribution is 0.0147. The Morgan fingerprint density at radius 1 is 1.26 bits per heavy atom. The first-order valence-electron chi connectivity index (χ1n) is 7.87. The minimum absolute atomic E-state index is 0.206. The number of ether oxygens (including phenoxy) is 1. The molecule has 2 heterocycles. The van der Waals surface area contributed by atoms with Crippen LogP contribution in [-0.4, -0.2) is 66.7 Å². The van der Waals surface area contributed by atoms with Gasteiger partial charge in [0.1, 0.15) is 5.60 Å². The summed E-state index contributed by atoms with van der Waals surface area (Å²) in [6.45, 7) is 9.71. The van der Waals surface area contributed by atoms with Crippen molar-refractivity contribution in [2.75, 3.05) is 39.3 Å². The van der Waals surface area contributed by atoms with Gasteiger partial charge < -0.3 is 19.4 Å². The number of rotatable bonds is 4. The highest BCUT2D eigenvalue weighted by atomic mass is 16.6. The summed E-state index contributed by atoms with van der Waals surface area (Å²) >= 11 is 0. The molecule has 0 spiro atoms. The van der Waals surface area contributed by atoms with Crippen molar-refractivity contribution < 1.29 is 18.7 Å². The lowest BCUT2D eigenvalue weighted by Gasteiger charge is -2.35. The molecule has 0 saturated carbocycles. The van der Waals surface area contributed by atoms with Crippen molar-refractivity contribution in [1.29, 1.82) is 0 Å². The molecule has 0 unspecified atom stereocenters. The summed E-state index contributed by atoms with van der Waals surface area (Å²) in [5.74, 6) is 0.113. The van der Waals surface area contributed by atoms with E-state index in [2.05, 4.69) is 10.2 Å². The summed E-state index contributed by atoms with van der Waals surface area (Å²) in [6, 6.07) is 3.32. The second-order valence-electron chi connectivity index (χ2n) is 6.54. The van der Waals surface area contributed by atoms with Gasteiger partial charge in [0.2, 0.25) is 0 Å². The number of nitrogens with one attached hydrogen (secondary N) is 1. The van der Waals surface area contributed by atoms with E-state index in [9.17, 15) is 9.59 Å². The Hall–Kier alpha value is -2.02. The molecule has 1 aliphatic heterocycles. The van der Waals surface area contributed by atoms with Crippen molar-refractivity contribution in [1.82, 2.24) is 15.1 Å². The van der Waals surface area contributed by atoms with E-state index in [0.29, 0.717) is 25.4 Å². The quantitative estimate of drug-likeness (QED) is 0.910. The van der Waals surface area contributed by atoms with Crippen LogP contribution in [0.25, 0.3) is 0 Å². The van der Waals surface area contributed by atoms with Gasteiger partial charge in [0.25, 0.3) is 5.91 Å². The monoisotopic (exact) mass is 323 g/mol. The number of nitrogens with zero attached hydrogens (tertiary/aromatic N) is 2. The van der Waals surface area contributed by atoms with Crippen molar-refractivity contribution in [3.63, 3.8) is 0 Å². The van der Waals surface area contributed by atoms with Gasteiger partial charge in [-0.25, -0.2) is 4.79 Å². The van der Waals surface area contributed by atoms with Crippen LogP contribution in [0.4, 0.5) is 4.79 Å². The van der Waals surface area contributed by atoms with E-state index in [0.717, 1.165) is 19.6 Å². The van der Waals surface area contributed by atoms with Crippen LogP contribution in [0.3, 0.4) is 0 Å². The molecular weight excluding hydrogens is 298 g/mol. The molecule has 1 fully saturated rings. The molecule has 0 aliphatic carbocycles. The summed E-state index contributed by atoms with van der Waals surface area (Å²) < 4.78 is 10.4. The molecule has 2 rings (SSSR count). The van der Waals surface area contributed by atoms with Gasteiger partial charge in [0.15, 0.2) is 5.76 Å². The first kappa shape index (κ1) is 17.3. The van der Waals surface area contributed by atoms with Crippen LogP contribution in [0, 0.1) is 0 Å². The fourth-order valence-electron chi connectivity index (χ4n) is 2.30. The summed E-state index contributed by atoms with van der Waals surface area (Å²) in [4.78, 5) is 27.6. The molecule has 0 radical (unpaired) electrons. The zero-order valence-electron chi connectivity index (χ0n) is 14.0. The zero-order chi connectivity index (χ0) is 16.9. The van der Waals surface area contributed by atoms with E-state index in [1.807, 2.05) is 20.8 Å². The summed E-state index contributed by atoms with van der Waals surface area (Å²) in [7, 11) is 0. The average molecular weight is 323 g/mol. The minimum atomic E-state index is -0.468. The minimum Gasteiger partial charge on any atom is -0.459 e. The molecule has 0 aromatic carbocycles. The van der Waals surface area contributed by atoms with Gasteiger partial charge in [-0.05, 0) is 32.9 Å². The Labute approximate surface area is 136 Å².